The van der Waals surface area contributed by atoms with Gasteiger partial charge in [-0.3, -0.25) is 9.89 Å². The van der Waals surface area contributed by atoms with Crippen molar-refractivity contribution in [1.29, 1.82) is 0 Å². The summed E-state index contributed by atoms with van der Waals surface area (Å²) in [5.41, 5.74) is 3.72. The minimum Gasteiger partial charge on any atom is -0.493 e. The topological polar surface area (TPSA) is 76.2 Å². The number of nitrogens with one attached hydrogen (secondary N) is 2. The second-order valence-corrected chi connectivity index (χ2v) is 7.77. The zero-order valence-electron chi connectivity index (χ0n) is 16.0. The van der Waals surface area contributed by atoms with Crippen molar-refractivity contribution < 1.29 is 18.7 Å². The highest BCUT2D eigenvalue weighted by atomic mass is 32.2. The summed E-state index contributed by atoms with van der Waals surface area (Å²) in [7, 11) is 1.59. The second-order valence-electron chi connectivity index (χ2n) is 6.68. The number of carbonyl (C=O) groups is 1. The number of H-pyrrole nitrogens is 1. The molecular formula is C21H20FN3O3S. The lowest BCUT2D eigenvalue weighted by molar-refractivity contribution is -0.113. The quantitative estimate of drug-likeness (QED) is 0.655. The van der Waals surface area contributed by atoms with Crippen LogP contribution in [0.15, 0.2) is 42.5 Å². The summed E-state index contributed by atoms with van der Waals surface area (Å²) in [6.07, 6.45) is 0. The Labute approximate surface area is 171 Å². The number of anilines is 1. The van der Waals surface area contributed by atoms with Gasteiger partial charge in [-0.1, -0.05) is 18.2 Å². The van der Waals surface area contributed by atoms with Gasteiger partial charge in [0.1, 0.15) is 12.4 Å². The second kappa shape index (κ2) is 8.16. The number of nitrogens with zero attached hydrogens (tertiary/aromatic N) is 1. The van der Waals surface area contributed by atoms with E-state index in [-0.39, 0.29) is 17.0 Å². The number of carbonyl (C=O) groups excluding carboxylic acids is 1. The monoisotopic (exact) mass is 413 g/mol. The van der Waals surface area contributed by atoms with Crippen LogP contribution in [0.2, 0.25) is 0 Å². The predicted octanol–water partition coefficient (Wildman–Crippen LogP) is 4.22. The number of aromatic amines is 1. The van der Waals surface area contributed by atoms with E-state index in [1.807, 2.05) is 25.1 Å². The van der Waals surface area contributed by atoms with Gasteiger partial charge in [0.15, 0.2) is 17.3 Å². The lowest BCUT2D eigenvalue weighted by Gasteiger charge is -2.18. The summed E-state index contributed by atoms with van der Waals surface area (Å²) in [6.45, 7) is 2.24. The molecule has 1 aliphatic rings. The van der Waals surface area contributed by atoms with Crippen LogP contribution in [0.3, 0.4) is 0 Å². The van der Waals surface area contributed by atoms with Crippen molar-refractivity contribution in [2.75, 3.05) is 18.2 Å². The average Bonchev–Trinajstić information content (AvgIpc) is 2.98. The molecule has 4 rings (SSSR count). The molecule has 0 saturated carbocycles. The number of amides is 1. The van der Waals surface area contributed by atoms with Crippen LogP contribution >= 0.6 is 11.8 Å². The fourth-order valence-electron chi connectivity index (χ4n) is 3.24. The molecule has 150 valence electrons. The Balaban J connectivity index is 1.60. The number of methoxy groups -OCH3 is 1. The first-order chi connectivity index (χ1) is 14.0. The van der Waals surface area contributed by atoms with Gasteiger partial charge in [0.25, 0.3) is 0 Å². The summed E-state index contributed by atoms with van der Waals surface area (Å²) in [6, 6.07) is 11.9. The first kappa shape index (κ1) is 19.3. The highest BCUT2D eigenvalue weighted by Crippen LogP contribution is 2.44. The minimum absolute atomic E-state index is 0.0669. The van der Waals surface area contributed by atoms with Gasteiger partial charge < -0.3 is 14.8 Å². The van der Waals surface area contributed by atoms with Crippen molar-refractivity contribution in [1.82, 2.24) is 10.2 Å². The number of fused-ring (bicyclic) bond motifs is 1. The standard InChI is InChI=1S/C21H20FN3O3S/c1-12-19-20(29-11-18(26)23-21(19)25-24-12)14-5-8-16(17(9-14)27-2)28-10-13-3-6-15(22)7-4-13/h3-9,20H,10-11H2,1-2H3,(H2,23,24,25,26)/t20-/m1/s1. The van der Waals surface area contributed by atoms with Crippen LogP contribution in [0, 0.1) is 12.7 Å². The molecule has 0 spiro atoms. The average molecular weight is 413 g/mol. The molecule has 8 heteroatoms. The maximum atomic E-state index is 13.1. The van der Waals surface area contributed by atoms with Gasteiger partial charge in [-0.25, -0.2) is 4.39 Å². The molecule has 0 bridgehead atoms. The summed E-state index contributed by atoms with van der Waals surface area (Å²) < 4.78 is 24.5. The first-order valence-electron chi connectivity index (χ1n) is 9.06. The van der Waals surface area contributed by atoms with Gasteiger partial charge in [0.2, 0.25) is 5.91 Å². The van der Waals surface area contributed by atoms with Gasteiger partial charge in [-0.2, -0.15) is 5.10 Å². The Morgan fingerprint density at radius 3 is 2.76 bits per heavy atom. The largest absolute Gasteiger partial charge is 0.493 e. The Bertz CT molecular complexity index is 1040. The Kier molecular flexibility index (Phi) is 5.44. The van der Waals surface area contributed by atoms with Crippen molar-refractivity contribution in [3.05, 3.63) is 70.7 Å². The Morgan fingerprint density at radius 1 is 1.21 bits per heavy atom. The highest BCUT2D eigenvalue weighted by molar-refractivity contribution is 8.00. The number of hydrogen-bond donors (Lipinski definition) is 2. The van der Waals surface area contributed by atoms with Crippen molar-refractivity contribution in [2.24, 2.45) is 0 Å². The van der Waals surface area contributed by atoms with E-state index in [2.05, 4.69) is 15.5 Å². The molecule has 3 aromatic rings. The van der Waals surface area contributed by atoms with Gasteiger partial charge in [-0.15, -0.1) is 11.8 Å². The van der Waals surface area contributed by atoms with E-state index in [0.717, 1.165) is 22.4 Å². The van der Waals surface area contributed by atoms with E-state index in [1.165, 1.54) is 23.9 Å². The van der Waals surface area contributed by atoms with Gasteiger partial charge in [0.05, 0.1) is 18.1 Å². The van der Waals surface area contributed by atoms with Gasteiger partial charge in [-0.05, 0) is 42.3 Å². The number of hydrogen-bond acceptors (Lipinski definition) is 5. The smallest absolute Gasteiger partial charge is 0.235 e. The van der Waals surface area contributed by atoms with Crippen molar-refractivity contribution in [2.45, 2.75) is 18.8 Å². The number of rotatable bonds is 5. The minimum atomic E-state index is -0.279. The zero-order chi connectivity index (χ0) is 20.4. The van der Waals surface area contributed by atoms with E-state index < -0.39 is 0 Å². The first-order valence-corrected chi connectivity index (χ1v) is 10.1. The van der Waals surface area contributed by atoms with Crippen molar-refractivity contribution in [3.8, 4) is 11.5 Å². The molecule has 0 fully saturated rings. The molecule has 2 N–H and O–H groups in total. The molecule has 0 radical (unpaired) electrons. The van der Waals surface area contributed by atoms with Crippen LogP contribution in [0.4, 0.5) is 10.2 Å². The molecular weight excluding hydrogens is 393 g/mol. The summed E-state index contributed by atoms with van der Waals surface area (Å²) in [4.78, 5) is 12.0. The molecule has 1 amide bonds. The number of aryl methyl sites for hydroxylation is 1. The van der Waals surface area contributed by atoms with Crippen LogP contribution < -0.4 is 14.8 Å². The maximum absolute atomic E-state index is 13.1. The summed E-state index contributed by atoms with van der Waals surface area (Å²) >= 11 is 1.54. The fourth-order valence-corrected chi connectivity index (χ4v) is 4.42. The third-order valence-electron chi connectivity index (χ3n) is 4.69. The summed E-state index contributed by atoms with van der Waals surface area (Å²) in [5, 5.41) is 9.94. The zero-order valence-corrected chi connectivity index (χ0v) is 16.8. The van der Waals surface area contributed by atoms with Crippen molar-refractivity contribution in [3.63, 3.8) is 0 Å². The SMILES string of the molecule is COc1cc([C@H]2SCC(=O)Nc3n[nH]c(C)c32)ccc1OCc1ccc(F)cc1. The summed E-state index contributed by atoms with van der Waals surface area (Å²) in [5.74, 6) is 1.74. The molecule has 0 aliphatic carbocycles. The molecule has 0 saturated heterocycles. The Morgan fingerprint density at radius 2 is 2.00 bits per heavy atom. The van der Waals surface area contributed by atoms with E-state index in [9.17, 15) is 9.18 Å². The predicted molar refractivity (Wildman–Crippen MR) is 110 cm³/mol. The van der Waals surface area contributed by atoms with Crippen LogP contribution in [0.5, 0.6) is 11.5 Å². The molecule has 2 aromatic carbocycles. The van der Waals surface area contributed by atoms with Crippen LogP contribution in [0.1, 0.15) is 27.6 Å². The number of ether oxygens (including phenoxy) is 2. The number of aromatic nitrogens is 2. The van der Waals surface area contributed by atoms with Crippen LogP contribution in [0.25, 0.3) is 0 Å². The van der Waals surface area contributed by atoms with Crippen LogP contribution in [-0.4, -0.2) is 29.0 Å². The molecule has 1 aromatic heterocycles. The lowest BCUT2D eigenvalue weighted by Crippen LogP contribution is -2.12. The van der Waals surface area contributed by atoms with Crippen LogP contribution in [-0.2, 0) is 11.4 Å². The number of halogens is 1. The number of benzene rings is 2. The van der Waals surface area contributed by atoms with E-state index in [0.29, 0.717) is 29.7 Å². The molecule has 2 heterocycles. The van der Waals surface area contributed by atoms with Gasteiger partial charge >= 0.3 is 0 Å². The lowest BCUT2D eigenvalue weighted by atomic mass is 10.0. The normalized spacial score (nSPS) is 16.0. The molecule has 29 heavy (non-hydrogen) atoms. The highest BCUT2D eigenvalue weighted by Gasteiger charge is 2.28. The van der Waals surface area contributed by atoms with Gasteiger partial charge in [0, 0.05) is 11.3 Å². The fraction of sp³-hybridized carbons (Fsp3) is 0.238. The molecule has 0 unspecified atom stereocenters. The molecule has 6 nitrogen and oxygen atoms in total. The van der Waals surface area contributed by atoms with E-state index >= 15 is 0 Å². The third kappa shape index (κ3) is 4.07. The van der Waals surface area contributed by atoms with E-state index in [4.69, 9.17) is 9.47 Å². The third-order valence-corrected chi connectivity index (χ3v) is 5.96. The molecule has 1 aliphatic heterocycles. The van der Waals surface area contributed by atoms with E-state index in [1.54, 1.807) is 19.2 Å². The molecule has 1 atom stereocenters. The Hall–Kier alpha value is -3.00. The number of thioether (sulfide) groups is 1. The maximum Gasteiger partial charge on any atom is 0.235 e. The van der Waals surface area contributed by atoms with Crippen molar-refractivity contribution >= 4 is 23.5 Å².